The number of nitrogens with one attached hydrogen (secondary N) is 4. The molecule has 0 aliphatic carbocycles. The summed E-state index contributed by atoms with van der Waals surface area (Å²) in [6.07, 6.45) is -0.520. The lowest BCUT2D eigenvalue weighted by Crippen LogP contribution is -2.57. The molecule has 0 aromatic carbocycles. The summed E-state index contributed by atoms with van der Waals surface area (Å²) >= 11 is 5.78. The van der Waals surface area contributed by atoms with Gasteiger partial charge in [0.1, 0.15) is 18.1 Å². The third-order valence-electron chi connectivity index (χ3n) is 5.21. The monoisotopic (exact) mass is 572 g/mol. The van der Waals surface area contributed by atoms with E-state index in [4.69, 9.17) is 9.84 Å². The summed E-state index contributed by atoms with van der Waals surface area (Å²) in [6, 6.07) is 0.723. The van der Waals surface area contributed by atoms with Gasteiger partial charge in [0.05, 0.1) is 6.61 Å². The number of amides is 4. The lowest BCUT2D eigenvalue weighted by atomic mass is 10.0. The molecule has 5 N–H and O–H groups in total. The highest BCUT2D eigenvalue weighted by Gasteiger charge is 2.30. The second kappa shape index (κ2) is 17.7. The molecule has 1 heterocycles. The molecule has 0 bridgehead atoms. The fourth-order valence-electron chi connectivity index (χ4n) is 3.29. The molecule has 0 fully saturated rings. The number of carbonyl (C=O) groups is 5. The van der Waals surface area contributed by atoms with Gasteiger partial charge in [0, 0.05) is 23.6 Å². The van der Waals surface area contributed by atoms with Crippen LogP contribution in [-0.4, -0.2) is 71.9 Å². The normalized spacial score (nSPS) is 13.3. The zero-order valence-electron chi connectivity index (χ0n) is 22.3. The molecule has 0 saturated carbocycles. The first-order valence-corrected chi connectivity index (χ1v) is 14.1. The van der Waals surface area contributed by atoms with Gasteiger partial charge in [-0.25, -0.2) is 4.79 Å². The van der Waals surface area contributed by atoms with Gasteiger partial charge >= 0.3 is 12.1 Å². The SMILES string of the molecule is CC(C)COC(=O)N[C@@H](CCC(=O)O)C(=O)N[C@@H](CC(C)C)C(=O)N[C@@H](CS)C(=O)NCCc1cccs1. The van der Waals surface area contributed by atoms with Gasteiger partial charge in [0.25, 0.3) is 0 Å². The number of hydrogen-bond acceptors (Lipinski definition) is 8. The number of thiol groups is 1. The maximum Gasteiger partial charge on any atom is 0.407 e. The van der Waals surface area contributed by atoms with E-state index in [9.17, 15) is 24.0 Å². The molecular weight excluding hydrogens is 532 g/mol. The average molecular weight is 573 g/mol. The molecule has 0 aliphatic heterocycles. The molecule has 11 nitrogen and oxygen atoms in total. The number of carboxylic acid groups (broad SMARTS) is 1. The van der Waals surface area contributed by atoms with Crippen molar-refractivity contribution in [2.45, 2.75) is 71.5 Å². The van der Waals surface area contributed by atoms with E-state index in [1.165, 1.54) is 0 Å². The van der Waals surface area contributed by atoms with E-state index in [2.05, 4.69) is 33.9 Å². The van der Waals surface area contributed by atoms with Gasteiger partial charge in [-0.05, 0) is 42.5 Å². The Hall–Kier alpha value is -2.80. The fraction of sp³-hybridized carbons (Fsp3) is 0.640. The van der Waals surface area contributed by atoms with Crippen molar-refractivity contribution >= 4 is 53.7 Å². The molecule has 38 heavy (non-hydrogen) atoms. The van der Waals surface area contributed by atoms with Crippen molar-refractivity contribution in [2.24, 2.45) is 11.8 Å². The van der Waals surface area contributed by atoms with E-state index >= 15 is 0 Å². The van der Waals surface area contributed by atoms with Gasteiger partial charge in [-0.15, -0.1) is 11.3 Å². The molecule has 1 aromatic rings. The molecular formula is C25H40N4O7S2. The van der Waals surface area contributed by atoms with Crippen molar-refractivity contribution in [1.29, 1.82) is 0 Å². The van der Waals surface area contributed by atoms with Crippen LogP contribution in [0.4, 0.5) is 4.79 Å². The zero-order valence-corrected chi connectivity index (χ0v) is 24.0. The van der Waals surface area contributed by atoms with Crippen LogP contribution in [0.15, 0.2) is 17.5 Å². The highest BCUT2D eigenvalue weighted by molar-refractivity contribution is 7.80. The van der Waals surface area contributed by atoms with E-state index in [1.54, 1.807) is 11.3 Å². The summed E-state index contributed by atoms with van der Waals surface area (Å²) in [6.45, 7) is 7.94. The molecule has 0 aliphatic rings. The van der Waals surface area contributed by atoms with Crippen LogP contribution in [0.5, 0.6) is 0 Å². The van der Waals surface area contributed by atoms with E-state index in [0.717, 1.165) is 4.88 Å². The summed E-state index contributed by atoms with van der Waals surface area (Å²) in [5.41, 5.74) is 0. The molecule has 0 unspecified atom stereocenters. The van der Waals surface area contributed by atoms with Gasteiger partial charge < -0.3 is 31.1 Å². The molecule has 1 rings (SSSR count). The number of ether oxygens (including phenoxy) is 1. The molecule has 0 radical (unpaired) electrons. The number of carboxylic acids is 1. The number of hydrogen-bond donors (Lipinski definition) is 6. The Labute approximate surface area is 233 Å². The molecule has 214 valence electrons. The Morgan fingerprint density at radius 1 is 0.947 bits per heavy atom. The van der Waals surface area contributed by atoms with Crippen LogP contribution >= 0.6 is 24.0 Å². The van der Waals surface area contributed by atoms with Crippen LogP contribution in [0, 0.1) is 11.8 Å². The molecule has 3 atom stereocenters. The molecule has 1 aromatic heterocycles. The maximum atomic E-state index is 13.1. The number of carbonyl (C=O) groups excluding carboxylic acids is 4. The van der Waals surface area contributed by atoms with E-state index < -0.39 is 47.9 Å². The minimum absolute atomic E-state index is 0.00144. The van der Waals surface area contributed by atoms with Crippen molar-refractivity contribution in [3.05, 3.63) is 22.4 Å². The van der Waals surface area contributed by atoms with Gasteiger partial charge in [-0.3, -0.25) is 19.2 Å². The molecule has 0 saturated heterocycles. The van der Waals surface area contributed by atoms with Crippen LogP contribution in [0.2, 0.25) is 0 Å². The third kappa shape index (κ3) is 13.7. The number of alkyl carbamates (subject to hydrolysis) is 1. The standard InChI is InChI=1S/C25H40N4O7S2/c1-15(2)12-19(24(34)28-20(14-37)22(32)26-10-9-17-6-5-11-38-17)27-23(33)18(7-8-21(30)31)29-25(35)36-13-16(3)4/h5-6,11,15-16,18-20,37H,7-10,12-14H2,1-4H3,(H,26,32)(H,27,33)(H,28,34)(H,29,35)(H,30,31)/t18-,19-,20-/m0/s1. The minimum atomic E-state index is -1.23. The fourth-order valence-corrected chi connectivity index (χ4v) is 4.26. The van der Waals surface area contributed by atoms with E-state index in [0.29, 0.717) is 13.0 Å². The Morgan fingerprint density at radius 3 is 2.16 bits per heavy atom. The quantitative estimate of drug-likeness (QED) is 0.155. The van der Waals surface area contributed by atoms with Gasteiger partial charge in [0.15, 0.2) is 0 Å². The summed E-state index contributed by atoms with van der Waals surface area (Å²) in [4.78, 5) is 63.1. The van der Waals surface area contributed by atoms with Gasteiger partial charge in [0.2, 0.25) is 17.7 Å². The second-order valence-electron chi connectivity index (χ2n) is 9.68. The third-order valence-corrected chi connectivity index (χ3v) is 6.51. The lowest BCUT2D eigenvalue weighted by Gasteiger charge is -2.25. The van der Waals surface area contributed by atoms with Crippen LogP contribution < -0.4 is 21.3 Å². The summed E-state index contributed by atoms with van der Waals surface area (Å²) in [7, 11) is 0. The first-order chi connectivity index (χ1) is 17.9. The topological polar surface area (TPSA) is 163 Å². The number of thiophene rings is 1. The van der Waals surface area contributed by atoms with E-state index in [-0.39, 0.29) is 43.5 Å². The Morgan fingerprint density at radius 2 is 1.61 bits per heavy atom. The Balaban J connectivity index is 2.84. The summed E-state index contributed by atoms with van der Waals surface area (Å²) < 4.78 is 5.05. The lowest BCUT2D eigenvalue weighted by molar-refractivity contribution is -0.137. The van der Waals surface area contributed by atoms with Crippen molar-refractivity contribution in [3.8, 4) is 0 Å². The zero-order chi connectivity index (χ0) is 28.7. The van der Waals surface area contributed by atoms with Crippen LogP contribution in [0.25, 0.3) is 0 Å². The first-order valence-electron chi connectivity index (χ1n) is 12.6. The molecule has 0 spiro atoms. The highest BCUT2D eigenvalue weighted by Crippen LogP contribution is 2.09. The summed E-state index contributed by atoms with van der Waals surface area (Å²) in [5, 5.41) is 21.4. The van der Waals surface area contributed by atoms with Gasteiger partial charge in [-0.2, -0.15) is 12.6 Å². The maximum absolute atomic E-state index is 13.1. The second-order valence-corrected chi connectivity index (χ2v) is 11.1. The molecule has 4 amide bonds. The molecule has 13 heteroatoms. The van der Waals surface area contributed by atoms with Gasteiger partial charge in [-0.1, -0.05) is 33.8 Å². The highest BCUT2D eigenvalue weighted by atomic mass is 32.1. The first kappa shape index (κ1) is 33.2. The smallest absolute Gasteiger partial charge is 0.407 e. The van der Waals surface area contributed by atoms with Crippen molar-refractivity contribution < 1.29 is 33.8 Å². The van der Waals surface area contributed by atoms with E-state index in [1.807, 2.05) is 45.2 Å². The van der Waals surface area contributed by atoms with Crippen molar-refractivity contribution in [1.82, 2.24) is 21.3 Å². The van der Waals surface area contributed by atoms with Crippen LogP contribution in [-0.2, 0) is 30.3 Å². The summed E-state index contributed by atoms with van der Waals surface area (Å²) in [5.74, 6) is -2.73. The Bertz CT molecular complexity index is 910. The predicted octanol–water partition coefficient (Wildman–Crippen LogP) is 1.97. The van der Waals surface area contributed by atoms with Crippen molar-refractivity contribution in [3.63, 3.8) is 0 Å². The minimum Gasteiger partial charge on any atom is -0.481 e. The van der Waals surface area contributed by atoms with Crippen LogP contribution in [0.3, 0.4) is 0 Å². The van der Waals surface area contributed by atoms with Crippen LogP contribution in [0.1, 0.15) is 51.8 Å². The average Bonchev–Trinajstić information content (AvgIpc) is 3.36. The van der Waals surface area contributed by atoms with Crippen molar-refractivity contribution in [2.75, 3.05) is 18.9 Å². The number of aliphatic carboxylic acids is 1. The Kier molecular flexibility index (Phi) is 15.4. The number of rotatable bonds is 17. The largest absolute Gasteiger partial charge is 0.481 e. The predicted molar refractivity (Wildman–Crippen MR) is 148 cm³/mol.